The van der Waals surface area contributed by atoms with Crippen molar-refractivity contribution in [1.29, 1.82) is 0 Å². The van der Waals surface area contributed by atoms with Crippen LogP contribution in [-0.4, -0.2) is 23.0 Å². The van der Waals surface area contributed by atoms with Gasteiger partial charge in [-0.25, -0.2) is 4.79 Å². The van der Waals surface area contributed by atoms with Crippen molar-refractivity contribution in [3.8, 4) is 0 Å². The zero-order chi connectivity index (χ0) is 15.3. The molecule has 1 saturated carbocycles. The normalized spacial score (nSPS) is 16.8. The van der Waals surface area contributed by atoms with E-state index in [-0.39, 0.29) is 5.91 Å². The molecule has 2 N–H and O–H groups in total. The number of carbonyl (C=O) groups excluding carboxylic acids is 1. The highest BCUT2D eigenvalue weighted by Gasteiger charge is 2.50. The fourth-order valence-electron chi connectivity index (χ4n) is 2.47. The van der Waals surface area contributed by atoms with Crippen molar-refractivity contribution in [3.05, 3.63) is 48.6 Å². The van der Waals surface area contributed by atoms with Gasteiger partial charge in [0.05, 0.1) is 5.41 Å². The van der Waals surface area contributed by atoms with Crippen LogP contribution in [-0.2, 0) is 16.0 Å². The molecule has 112 valence electrons. The van der Waals surface area contributed by atoms with E-state index in [4.69, 9.17) is 0 Å². The van der Waals surface area contributed by atoms with Gasteiger partial charge in [-0.1, -0.05) is 36.4 Å². The average molecular weight is 287 g/mol. The lowest BCUT2D eigenvalue weighted by molar-refractivity contribution is -0.142. The first-order valence-corrected chi connectivity index (χ1v) is 7.26. The molecule has 4 nitrogen and oxygen atoms in total. The third-order valence-corrected chi connectivity index (χ3v) is 3.98. The highest BCUT2D eigenvalue weighted by atomic mass is 16.4. The van der Waals surface area contributed by atoms with E-state index in [1.807, 2.05) is 30.3 Å². The lowest BCUT2D eigenvalue weighted by Gasteiger charge is -2.19. The number of benzene rings is 1. The molecule has 0 saturated heterocycles. The lowest BCUT2D eigenvalue weighted by Crippen LogP contribution is -2.44. The van der Waals surface area contributed by atoms with Crippen LogP contribution in [0.3, 0.4) is 0 Å². The number of hydrogen-bond acceptors (Lipinski definition) is 2. The largest absolute Gasteiger partial charge is 0.480 e. The van der Waals surface area contributed by atoms with E-state index in [0.29, 0.717) is 19.3 Å². The summed E-state index contributed by atoms with van der Waals surface area (Å²) in [6.07, 6.45) is 4.93. The summed E-state index contributed by atoms with van der Waals surface area (Å²) in [5, 5.41) is 11.9. The number of rotatable bonds is 8. The van der Waals surface area contributed by atoms with E-state index < -0.39 is 17.4 Å². The Morgan fingerprint density at radius 2 is 2.00 bits per heavy atom. The molecule has 0 bridgehead atoms. The molecule has 2 rings (SSSR count). The molecule has 21 heavy (non-hydrogen) atoms. The van der Waals surface area contributed by atoms with Gasteiger partial charge >= 0.3 is 5.97 Å². The minimum Gasteiger partial charge on any atom is -0.480 e. The van der Waals surface area contributed by atoms with E-state index in [2.05, 4.69) is 11.9 Å². The zero-order valence-corrected chi connectivity index (χ0v) is 12.0. The van der Waals surface area contributed by atoms with Crippen LogP contribution in [0.1, 0.15) is 31.2 Å². The topological polar surface area (TPSA) is 66.4 Å². The van der Waals surface area contributed by atoms with Crippen LogP contribution in [0.25, 0.3) is 0 Å². The van der Waals surface area contributed by atoms with E-state index in [9.17, 15) is 14.7 Å². The Kier molecular flexibility index (Phi) is 4.78. The van der Waals surface area contributed by atoms with Gasteiger partial charge < -0.3 is 10.4 Å². The van der Waals surface area contributed by atoms with Crippen LogP contribution < -0.4 is 5.32 Å². The van der Waals surface area contributed by atoms with Gasteiger partial charge in [-0.2, -0.15) is 0 Å². The maximum absolute atomic E-state index is 12.4. The number of nitrogens with one attached hydrogen (secondary N) is 1. The second-order valence-corrected chi connectivity index (χ2v) is 5.67. The molecule has 0 spiro atoms. The van der Waals surface area contributed by atoms with Gasteiger partial charge in [0, 0.05) is 0 Å². The molecule has 1 aliphatic carbocycles. The van der Waals surface area contributed by atoms with Crippen molar-refractivity contribution >= 4 is 11.9 Å². The molecule has 1 aromatic carbocycles. The van der Waals surface area contributed by atoms with E-state index in [0.717, 1.165) is 18.4 Å². The molecule has 0 aliphatic heterocycles. The van der Waals surface area contributed by atoms with Crippen LogP contribution in [0.2, 0.25) is 0 Å². The van der Waals surface area contributed by atoms with Gasteiger partial charge in [0.1, 0.15) is 6.04 Å². The summed E-state index contributed by atoms with van der Waals surface area (Å²) >= 11 is 0. The van der Waals surface area contributed by atoms with Crippen LogP contribution in [0.15, 0.2) is 43.0 Å². The maximum atomic E-state index is 12.4. The van der Waals surface area contributed by atoms with Crippen LogP contribution >= 0.6 is 0 Å². The third kappa shape index (κ3) is 3.94. The number of carbonyl (C=O) groups is 2. The minimum absolute atomic E-state index is 0.136. The Balaban J connectivity index is 1.98. The molecule has 0 aromatic heterocycles. The monoisotopic (exact) mass is 287 g/mol. The van der Waals surface area contributed by atoms with Crippen molar-refractivity contribution in [2.75, 3.05) is 0 Å². The number of allylic oxidation sites excluding steroid dienone is 1. The van der Waals surface area contributed by atoms with Gasteiger partial charge in [-0.3, -0.25) is 4.79 Å². The maximum Gasteiger partial charge on any atom is 0.326 e. The Hall–Kier alpha value is -2.10. The minimum atomic E-state index is -0.985. The van der Waals surface area contributed by atoms with Crippen molar-refractivity contribution < 1.29 is 14.7 Å². The molecular weight excluding hydrogens is 266 g/mol. The fraction of sp³-hybridized carbons (Fsp3) is 0.412. The Labute approximate surface area is 124 Å². The first-order chi connectivity index (χ1) is 10.1. The third-order valence-electron chi connectivity index (χ3n) is 3.98. The standard InChI is InChI=1S/C17H21NO3/c1-2-3-9-14(15(19)20)18-16(21)17(10-11-17)12-13-7-5-4-6-8-13/h2,4-8,14H,1,3,9-12H2,(H,18,21)(H,19,20). The van der Waals surface area contributed by atoms with Crippen molar-refractivity contribution in [2.45, 2.75) is 38.1 Å². The highest BCUT2D eigenvalue weighted by Crippen LogP contribution is 2.48. The summed E-state index contributed by atoms with van der Waals surface area (Å²) in [5.41, 5.74) is 0.701. The molecule has 1 aromatic rings. The number of carboxylic acid groups (broad SMARTS) is 1. The van der Waals surface area contributed by atoms with Crippen molar-refractivity contribution in [3.63, 3.8) is 0 Å². The summed E-state index contributed by atoms with van der Waals surface area (Å²) in [6.45, 7) is 3.58. The van der Waals surface area contributed by atoms with Gasteiger partial charge in [-0.15, -0.1) is 6.58 Å². The van der Waals surface area contributed by atoms with Gasteiger partial charge in [0.2, 0.25) is 5.91 Å². The highest BCUT2D eigenvalue weighted by molar-refractivity contribution is 5.89. The van der Waals surface area contributed by atoms with Crippen molar-refractivity contribution in [2.24, 2.45) is 5.41 Å². The molecule has 1 fully saturated rings. The fourth-order valence-corrected chi connectivity index (χ4v) is 2.47. The van der Waals surface area contributed by atoms with Gasteiger partial charge in [0.15, 0.2) is 0 Å². The molecule has 1 aliphatic rings. The van der Waals surface area contributed by atoms with Crippen molar-refractivity contribution in [1.82, 2.24) is 5.32 Å². The van der Waals surface area contributed by atoms with E-state index in [1.165, 1.54) is 0 Å². The summed E-state index contributed by atoms with van der Waals surface area (Å²) in [7, 11) is 0. The number of carboxylic acids is 1. The summed E-state index contributed by atoms with van der Waals surface area (Å²) < 4.78 is 0. The van der Waals surface area contributed by atoms with E-state index >= 15 is 0 Å². The molecule has 0 radical (unpaired) electrons. The summed E-state index contributed by atoms with van der Waals surface area (Å²) in [5.74, 6) is -1.12. The predicted octanol–water partition coefficient (Wildman–Crippen LogP) is 2.54. The Morgan fingerprint density at radius 3 is 2.52 bits per heavy atom. The average Bonchev–Trinajstić information content (AvgIpc) is 3.25. The van der Waals surface area contributed by atoms with Crippen LogP contribution in [0, 0.1) is 5.41 Å². The second-order valence-electron chi connectivity index (χ2n) is 5.67. The first-order valence-electron chi connectivity index (χ1n) is 7.26. The number of amides is 1. The SMILES string of the molecule is C=CCCC(NC(=O)C1(Cc2ccccc2)CC1)C(=O)O. The lowest BCUT2D eigenvalue weighted by atomic mass is 9.95. The quantitative estimate of drug-likeness (QED) is 0.722. The summed E-state index contributed by atoms with van der Waals surface area (Å²) in [4.78, 5) is 23.6. The molecule has 1 unspecified atom stereocenters. The van der Waals surface area contributed by atoms with Gasteiger partial charge in [-0.05, 0) is 37.7 Å². The molecular formula is C17H21NO3. The second kappa shape index (κ2) is 6.57. The smallest absolute Gasteiger partial charge is 0.326 e. The molecule has 1 atom stereocenters. The molecule has 4 heteroatoms. The Bertz CT molecular complexity index is 520. The number of hydrogen-bond donors (Lipinski definition) is 2. The predicted molar refractivity (Wildman–Crippen MR) is 80.8 cm³/mol. The molecule has 1 amide bonds. The van der Waals surface area contributed by atoms with Crippen LogP contribution in [0.5, 0.6) is 0 Å². The number of aliphatic carboxylic acids is 1. The van der Waals surface area contributed by atoms with E-state index in [1.54, 1.807) is 6.08 Å². The Morgan fingerprint density at radius 1 is 1.33 bits per heavy atom. The molecule has 0 heterocycles. The van der Waals surface area contributed by atoms with Crippen LogP contribution in [0.4, 0.5) is 0 Å². The zero-order valence-electron chi connectivity index (χ0n) is 12.0. The first kappa shape index (κ1) is 15.3. The van der Waals surface area contributed by atoms with Gasteiger partial charge in [0.25, 0.3) is 0 Å². The summed E-state index contributed by atoms with van der Waals surface area (Å²) in [6, 6.07) is 9.02.